The highest BCUT2D eigenvalue weighted by Crippen LogP contribution is 2.38. The lowest BCUT2D eigenvalue weighted by molar-refractivity contribution is 0.0520. The summed E-state index contributed by atoms with van der Waals surface area (Å²) >= 11 is 1.40. The molecule has 2 heterocycles. The van der Waals surface area contributed by atoms with E-state index in [9.17, 15) is 4.79 Å². The summed E-state index contributed by atoms with van der Waals surface area (Å²) in [5.74, 6) is -0.400. The van der Waals surface area contributed by atoms with E-state index >= 15 is 0 Å². The molecule has 1 aliphatic heterocycles. The summed E-state index contributed by atoms with van der Waals surface area (Å²) in [4.78, 5) is 16.5. The molecule has 27 heavy (non-hydrogen) atoms. The molecule has 0 aliphatic carbocycles. The van der Waals surface area contributed by atoms with Crippen LogP contribution >= 0.6 is 11.3 Å². The Kier molecular flexibility index (Phi) is 4.98. The molecule has 6 heteroatoms. The highest BCUT2D eigenvalue weighted by atomic mass is 32.1. The summed E-state index contributed by atoms with van der Waals surface area (Å²) in [6.45, 7) is 2.12. The van der Waals surface area contributed by atoms with Gasteiger partial charge in [0.05, 0.1) is 18.4 Å². The molecule has 0 N–H and O–H groups in total. The molecule has 1 atom stereocenters. The van der Waals surface area contributed by atoms with Gasteiger partial charge in [-0.25, -0.2) is 14.8 Å². The summed E-state index contributed by atoms with van der Waals surface area (Å²) < 4.78 is 5.06. The summed E-state index contributed by atoms with van der Waals surface area (Å²) in [6, 6.07) is 20.5. The third-order valence-electron chi connectivity index (χ3n) is 4.37. The number of hydrazone groups is 1. The van der Waals surface area contributed by atoms with Gasteiger partial charge in [-0.3, -0.25) is 0 Å². The van der Waals surface area contributed by atoms with Crippen molar-refractivity contribution in [1.82, 2.24) is 4.98 Å². The van der Waals surface area contributed by atoms with Crippen molar-refractivity contribution in [3.8, 4) is 0 Å². The molecule has 0 saturated carbocycles. The number of hydrogen-bond donors (Lipinski definition) is 0. The fraction of sp³-hybridized carbons (Fsp3) is 0.190. The van der Waals surface area contributed by atoms with Crippen molar-refractivity contribution in [2.75, 3.05) is 11.6 Å². The van der Waals surface area contributed by atoms with Gasteiger partial charge in [0, 0.05) is 11.8 Å². The largest absolute Gasteiger partial charge is 0.461 e. The maximum Gasteiger partial charge on any atom is 0.357 e. The number of nitrogens with zero attached hydrogens (tertiary/aromatic N) is 3. The van der Waals surface area contributed by atoms with Crippen LogP contribution in [-0.4, -0.2) is 23.3 Å². The molecule has 0 saturated heterocycles. The molecular formula is C21H19N3O2S. The van der Waals surface area contributed by atoms with E-state index < -0.39 is 5.97 Å². The van der Waals surface area contributed by atoms with Gasteiger partial charge in [-0.1, -0.05) is 60.7 Å². The highest BCUT2D eigenvalue weighted by Gasteiger charge is 2.32. The number of hydrogen-bond acceptors (Lipinski definition) is 6. The first-order valence-electron chi connectivity index (χ1n) is 8.86. The minimum atomic E-state index is -0.400. The molecule has 0 radical (unpaired) electrons. The predicted octanol–water partition coefficient (Wildman–Crippen LogP) is 4.68. The lowest BCUT2D eigenvalue weighted by Gasteiger charge is -2.21. The fourth-order valence-corrected chi connectivity index (χ4v) is 3.89. The molecule has 1 aliphatic rings. The zero-order chi connectivity index (χ0) is 18.6. The van der Waals surface area contributed by atoms with Crippen molar-refractivity contribution >= 4 is 28.1 Å². The van der Waals surface area contributed by atoms with Gasteiger partial charge < -0.3 is 4.74 Å². The fourth-order valence-electron chi connectivity index (χ4n) is 3.09. The van der Waals surface area contributed by atoms with E-state index in [2.05, 4.69) is 29.2 Å². The Balaban J connectivity index is 1.70. The van der Waals surface area contributed by atoms with Crippen molar-refractivity contribution in [2.24, 2.45) is 5.10 Å². The molecule has 4 rings (SSSR count). The number of rotatable bonds is 5. The molecule has 136 valence electrons. The van der Waals surface area contributed by atoms with Gasteiger partial charge in [-0.05, 0) is 18.1 Å². The van der Waals surface area contributed by atoms with Crippen molar-refractivity contribution in [2.45, 2.75) is 19.4 Å². The number of aromatic nitrogens is 1. The summed E-state index contributed by atoms with van der Waals surface area (Å²) in [5.41, 5.74) is 3.60. The number of ether oxygens (including phenoxy) is 1. The molecule has 2 aromatic carbocycles. The first-order chi connectivity index (χ1) is 13.3. The molecule has 0 spiro atoms. The van der Waals surface area contributed by atoms with Crippen molar-refractivity contribution < 1.29 is 9.53 Å². The molecule has 0 fully saturated rings. The number of carbonyl (C=O) groups excluding carboxylic acids is 1. The first kappa shape index (κ1) is 17.4. The van der Waals surface area contributed by atoms with Crippen molar-refractivity contribution in [1.29, 1.82) is 0 Å². The molecular weight excluding hydrogens is 358 g/mol. The van der Waals surface area contributed by atoms with Gasteiger partial charge in [-0.15, -0.1) is 11.3 Å². The topological polar surface area (TPSA) is 54.8 Å². The Hall–Kier alpha value is -2.99. The summed E-state index contributed by atoms with van der Waals surface area (Å²) in [7, 11) is 0. The Bertz CT molecular complexity index is 954. The van der Waals surface area contributed by atoms with Gasteiger partial charge in [0.15, 0.2) is 5.69 Å². The van der Waals surface area contributed by atoms with Crippen LogP contribution in [0.4, 0.5) is 5.13 Å². The van der Waals surface area contributed by atoms with Crippen LogP contribution in [0.2, 0.25) is 0 Å². The second kappa shape index (κ2) is 7.72. The van der Waals surface area contributed by atoms with Crippen LogP contribution in [0.1, 0.15) is 41.0 Å². The lowest BCUT2D eigenvalue weighted by atomic mass is 9.99. The quantitative estimate of drug-likeness (QED) is 0.606. The average molecular weight is 377 g/mol. The molecule has 3 aromatic rings. The van der Waals surface area contributed by atoms with E-state index in [1.165, 1.54) is 16.9 Å². The van der Waals surface area contributed by atoms with Crippen LogP contribution in [0.15, 0.2) is 71.1 Å². The molecule has 0 bridgehead atoms. The van der Waals surface area contributed by atoms with Crippen LogP contribution in [0, 0.1) is 0 Å². The van der Waals surface area contributed by atoms with Gasteiger partial charge in [0.1, 0.15) is 0 Å². The minimum absolute atomic E-state index is 0.0441. The normalized spacial score (nSPS) is 16.3. The number of thiazole rings is 1. The second-order valence-electron chi connectivity index (χ2n) is 6.12. The van der Waals surface area contributed by atoms with Crippen LogP contribution in [-0.2, 0) is 4.74 Å². The van der Waals surface area contributed by atoms with E-state index in [1.54, 1.807) is 12.3 Å². The SMILES string of the molecule is CCOC(=O)c1csc(N2N=C(c3ccccc3)CC2c2ccccc2)n1. The zero-order valence-corrected chi connectivity index (χ0v) is 15.7. The van der Waals surface area contributed by atoms with Gasteiger partial charge in [0.25, 0.3) is 0 Å². The van der Waals surface area contributed by atoms with E-state index in [-0.39, 0.29) is 6.04 Å². The molecule has 1 unspecified atom stereocenters. The van der Waals surface area contributed by atoms with Crippen LogP contribution in [0.25, 0.3) is 0 Å². The maximum absolute atomic E-state index is 12.0. The zero-order valence-electron chi connectivity index (χ0n) is 14.9. The standard InChI is InChI=1S/C21H19N3O2S/c1-2-26-20(25)18-14-27-21(22-18)24-19(16-11-7-4-8-12-16)13-17(23-24)15-9-5-3-6-10-15/h3-12,14,19H,2,13H2,1H3. The van der Waals surface area contributed by atoms with E-state index in [0.29, 0.717) is 17.4 Å². The number of carbonyl (C=O) groups is 1. The molecule has 1 aromatic heterocycles. The number of esters is 1. The third kappa shape index (κ3) is 3.61. The smallest absolute Gasteiger partial charge is 0.357 e. The Morgan fingerprint density at radius 3 is 2.56 bits per heavy atom. The van der Waals surface area contributed by atoms with Crippen molar-refractivity contribution in [3.63, 3.8) is 0 Å². The monoisotopic (exact) mass is 377 g/mol. The van der Waals surface area contributed by atoms with Crippen LogP contribution < -0.4 is 5.01 Å². The summed E-state index contributed by atoms with van der Waals surface area (Å²) in [6.07, 6.45) is 0.780. The van der Waals surface area contributed by atoms with Gasteiger partial charge in [-0.2, -0.15) is 5.10 Å². The maximum atomic E-state index is 12.0. The average Bonchev–Trinajstić information content (AvgIpc) is 3.37. The first-order valence-corrected chi connectivity index (χ1v) is 9.74. The molecule has 5 nitrogen and oxygen atoms in total. The predicted molar refractivity (Wildman–Crippen MR) is 107 cm³/mol. The Morgan fingerprint density at radius 1 is 1.15 bits per heavy atom. The second-order valence-corrected chi connectivity index (χ2v) is 6.96. The Morgan fingerprint density at radius 2 is 1.85 bits per heavy atom. The Labute approximate surface area is 161 Å². The third-order valence-corrected chi connectivity index (χ3v) is 5.20. The van der Waals surface area contributed by atoms with Crippen LogP contribution in [0.5, 0.6) is 0 Å². The van der Waals surface area contributed by atoms with Gasteiger partial charge >= 0.3 is 5.97 Å². The van der Waals surface area contributed by atoms with E-state index in [4.69, 9.17) is 9.84 Å². The molecule has 0 amide bonds. The van der Waals surface area contributed by atoms with E-state index in [1.807, 2.05) is 41.4 Å². The van der Waals surface area contributed by atoms with Crippen LogP contribution in [0.3, 0.4) is 0 Å². The summed E-state index contributed by atoms with van der Waals surface area (Å²) in [5, 5.41) is 9.19. The number of benzene rings is 2. The lowest BCUT2D eigenvalue weighted by Crippen LogP contribution is -2.18. The highest BCUT2D eigenvalue weighted by molar-refractivity contribution is 7.13. The number of anilines is 1. The minimum Gasteiger partial charge on any atom is -0.461 e. The van der Waals surface area contributed by atoms with E-state index in [0.717, 1.165) is 17.7 Å². The van der Waals surface area contributed by atoms with Crippen molar-refractivity contribution in [3.05, 3.63) is 82.9 Å². The van der Waals surface area contributed by atoms with Gasteiger partial charge in [0.2, 0.25) is 5.13 Å².